The smallest absolute Gasteiger partial charge is 0.111 e. The van der Waals surface area contributed by atoms with Gasteiger partial charge >= 0.3 is 0 Å². The highest BCUT2D eigenvalue weighted by atomic mass is 14.9. The van der Waals surface area contributed by atoms with Crippen LogP contribution in [-0.4, -0.2) is 15.5 Å². The third-order valence-corrected chi connectivity index (χ3v) is 5.59. The van der Waals surface area contributed by atoms with E-state index < -0.39 is 0 Å². The number of benzene rings is 1. The van der Waals surface area contributed by atoms with Crippen molar-refractivity contribution in [2.45, 2.75) is 76.2 Å². The van der Waals surface area contributed by atoms with E-state index in [0.29, 0.717) is 5.92 Å². The average Bonchev–Trinajstić information content (AvgIpc) is 3.26. The van der Waals surface area contributed by atoms with Gasteiger partial charge in [-0.05, 0) is 24.8 Å². The van der Waals surface area contributed by atoms with E-state index in [0.717, 1.165) is 30.8 Å². The van der Waals surface area contributed by atoms with Gasteiger partial charge in [-0.15, -0.1) is 0 Å². The fourth-order valence-corrected chi connectivity index (χ4v) is 4.13. The molecule has 1 fully saturated rings. The lowest BCUT2D eigenvalue weighted by atomic mass is 9.79. The molecule has 0 radical (unpaired) electrons. The van der Waals surface area contributed by atoms with Crippen molar-refractivity contribution in [3.8, 4) is 11.3 Å². The SMILES string of the molecule is CCCCCCC(c1ncc(-c2ccccc2)[nH]1)C1(N)CCCC1. The van der Waals surface area contributed by atoms with Gasteiger partial charge < -0.3 is 10.7 Å². The number of unbranched alkanes of at least 4 members (excludes halogenated alkanes) is 3. The molecule has 3 nitrogen and oxygen atoms in total. The van der Waals surface area contributed by atoms with Gasteiger partial charge in [-0.1, -0.05) is 75.8 Å². The van der Waals surface area contributed by atoms with Crippen LogP contribution in [0.3, 0.4) is 0 Å². The molecule has 1 unspecified atom stereocenters. The van der Waals surface area contributed by atoms with E-state index in [1.54, 1.807) is 0 Å². The molecule has 1 aliphatic carbocycles. The quantitative estimate of drug-likeness (QED) is 0.638. The van der Waals surface area contributed by atoms with E-state index in [1.165, 1.54) is 44.1 Å². The molecule has 1 heterocycles. The zero-order chi connectivity index (χ0) is 16.8. The number of nitrogens with zero attached hydrogens (tertiary/aromatic N) is 1. The van der Waals surface area contributed by atoms with Crippen LogP contribution in [0.2, 0.25) is 0 Å². The van der Waals surface area contributed by atoms with Crippen molar-refractivity contribution in [3.05, 3.63) is 42.4 Å². The highest BCUT2D eigenvalue weighted by molar-refractivity contribution is 5.58. The summed E-state index contributed by atoms with van der Waals surface area (Å²) in [6.07, 6.45) is 13.0. The first-order valence-corrected chi connectivity index (χ1v) is 9.62. The minimum atomic E-state index is -0.0714. The van der Waals surface area contributed by atoms with E-state index in [-0.39, 0.29) is 5.54 Å². The molecule has 0 aliphatic heterocycles. The van der Waals surface area contributed by atoms with Crippen LogP contribution in [0.15, 0.2) is 36.5 Å². The van der Waals surface area contributed by atoms with Crippen LogP contribution in [0.5, 0.6) is 0 Å². The van der Waals surface area contributed by atoms with Gasteiger partial charge in [0.1, 0.15) is 5.82 Å². The fraction of sp³-hybridized carbons (Fsp3) is 0.571. The fourth-order valence-electron chi connectivity index (χ4n) is 4.13. The zero-order valence-electron chi connectivity index (χ0n) is 14.9. The van der Waals surface area contributed by atoms with Crippen molar-refractivity contribution < 1.29 is 0 Å². The Morgan fingerprint density at radius 3 is 2.58 bits per heavy atom. The maximum absolute atomic E-state index is 6.84. The molecule has 130 valence electrons. The van der Waals surface area contributed by atoms with Crippen LogP contribution in [0.4, 0.5) is 0 Å². The number of hydrogen-bond acceptors (Lipinski definition) is 2. The number of aromatic nitrogens is 2. The minimum Gasteiger partial charge on any atom is -0.342 e. The zero-order valence-corrected chi connectivity index (χ0v) is 14.9. The highest BCUT2D eigenvalue weighted by Gasteiger charge is 2.39. The normalized spacial score (nSPS) is 17.9. The van der Waals surface area contributed by atoms with Crippen LogP contribution < -0.4 is 5.73 Å². The largest absolute Gasteiger partial charge is 0.342 e. The van der Waals surface area contributed by atoms with Crippen molar-refractivity contribution in [2.75, 3.05) is 0 Å². The molecule has 1 saturated carbocycles. The van der Waals surface area contributed by atoms with Crippen LogP contribution in [0, 0.1) is 0 Å². The van der Waals surface area contributed by atoms with Crippen LogP contribution in [-0.2, 0) is 0 Å². The second kappa shape index (κ2) is 7.98. The highest BCUT2D eigenvalue weighted by Crippen LogP contribution is 2.41. The standard InChI is InChI=1S/C21H31N3/c1-2-3-4-8-13-18(21(22)14-9-10-15-21)20-23-16-19(24-20)17-11-6-5-7-12-17/h5-7,11-12,16,18H,2-4,8-10,13-15,22H2,1H3,(H,23,24). The molecule has 3 heteroatoms. The van der Waals surface area contributed by atoms with Crippen molar-refractivity contribution in [1.29, 1.82) is 0 Å². The van der Waals surface area contributed by atoms with E-state index >= 15 is 0 Å². The number of H-pyrrole nitrogens is 1. The Bertz CT molecular complexity index is 611. The molecular weight excluding hydrogens is 294 g/mol. The lowest BCUT2D eigenvalue weighted by Gasteiger charge is -2.33. The summed E-state index contributed by atoms with van der Waals surface area (Å²) in [6.45, 7) is 2.26. The van der Waals surface area contributed by atoms with Crippen molar-refractivity contribution >= 4 is 0 Å². The number of nitrogens with one attached hydrogen (secondary N) is 1. The number of aromatic amines is 1. The lowest BCUT2D eigenvalue weighted by Crippen LogP contribution is -2.43. The van der Waals surface area contributed by atoms with Crippen molar-refractivity contribution in [3.63, 3.8) is 0 Å². The maximum atomic E-state index is 6.84. The molecule has 1 atom stereocenters. The Kier molecular flexibility index (Phi) is 5.72. The molecule has 0 saturated heterocycles. The molecule has 2 aromatic rings. The van der Waals surface area contributed by atoms with Gasteiger partial charge in [0.25, 0.3) is 0 Å². The predicted molar refractivity (Wildman–Crippen MR) is 101 cm³/mol. The molecule has 3 rings (SSSR count). The summed E-state index contributed by atoms with van der Waals surface area (Å²) in [5.41, 5.74) is 9.06. The average molecular weight is 326 g/mol. The van der Waals surface area contributed by atoms with Gasteiger partial charge in [-0.2, -0.15) is 0 Å². The van der Waals surface area contributed by atoms with E-state index in [9.17, 15) is 0 Å². The molecule has 0 bridgehead atoms. The van der Waals surface area contributed by atoms with E-state index in [4.69, 9.17) is 10.7 Å². The summed E-state index contributed by atoms with van der Waals surface area (Å²) < 4.78 is 0. The summed E-state index contributed by atoms with van der Waals surface area (Å²) in [7, 11) is 0. The minimum absolute atomic E-state index is 0.0714. The van der Waals surface area contributed by atoms with Crippen molar-refractivity contribution in [2.24, 2.45) is 5.73 Å². The summed E-state index contributed by atoms with van der Waals surface area (Å²) in [5.74, 6) is 1.45. The van der Waals surface area contributed by atoms with Crippen molar-refractivity contribution in [1.82, 2.24) is 9.97 Å². The molecule has 1 aliphatic rings. The summed E-state index contributed by atoms with van der Waals surface area (Å²) >= 11 is 0. The predicted octanol–water partition coefficient (Wildman–Crippen LogP) is 5.40. The third kappa shape index (κ3) is 3.89. The molecule has 3 N–H and O–H groups in total. The van der Waals surface area contributed by atoms with Gasteiger partial charge in [0.15, 0.2) is 0 Å². The second-order valence-corrected chi connectivity index (χ2v) is 7.39. The number of imidazole rings is 1. The Balaban J connectivity index is 1.78. The van der Waals surface area contributed by atoms with Crippen LogP contribution in [0.25, 0.3) is 11.3 Å². The molecule has 24 heavy (non-hydrogen) atoms. The first-order valence-electron chi connectivity index (χ1n) is 9.62. The molecule has 1 aromatic heterocycles. The van der Waals surface area contributed by atoms with E-state index in [1.807, 2.05) is 12.3 Å². The molecule has 0 spiro atoms. The Hall–Kier alpha value is -1.61. The number of rotatable bonds is 8. The lowest BCUT2D eigenvalue weighted by molar-refractivity contribution is 0.318. The number of nitrogens with two attached hydrogens (primary N) is 1. The first-order chi connectivity index (χ1) is 11.7. The Morgan fingerprint density at radius 1 is 1.12 bits per heavy atom. The molecule has 0 amide bonds. The van der Waals surface area contributed by atoms with Gasteiger partial charge in [-0.3, -0.25) is 0 Å². The molecule has 1 aromatic carbocycles. The maximum Gasteiger partial charge on any atom is 0.111 e. The van der Waals surface area contributed by atoms with Crippen LogP contribution >= 0.6 is 0 Å². The van der Waals surface area contributed by atoms with E-state index in [2.05, 4.69) is 36.2 Å². The first kappa shape index (κ1) is 17.2. The van der Waals surface area contributed by atoms with Gasteiger partial charge in [0.2, 0.25) is 0 Å². The Morgan fingerprint density at radius 2 is 1.88 bits per heavy atom. The number of hydrogen-bond donors (Lipinski definition) is 2. The van der Waals surface area contributed by atoms with Crippen LogP contribution in [0.1, 0.15) is 76.5 Å². The topological polar surface area (TPSA) is 54.7 Å². The third-order valence-electron chi connectivity index (χ3n) is 5.59. The summed E-state index contributed by atoms with van der Waals surface area (Å²) in [4.78, 5) is 8.33. The monoisotopic (exact) mass is 325 g/mol. The summed E-state index contributed by atoms with van der Waals surface area (Å²) in [5, 5.41) is 0. The van der Waals surface area contributed by atoms with Gasteiger partial charge in [0, 0.05) is 11.5 Å². The van der Waals surface area contributed by atoms with Gasteiger partial charge in [0.05, 0.1) is 11.9 Å². The second-order valence-electron chi connectivity index (χ2n) is 7.39. The van der Waals surface area contributed by atoms with Gasteiger partial charge in [-0.25, -0.2) is 4.98 Å². The molecular formula is C21H31N3. The Labute approximate surface area is 146 Å². The summed E-state index contributed by atoms with van der Waals surface area (Å²) in [6, 6.07) is 10.4.